The summed E-state index contributed by atoms with van der Waals surface area (Å²) in [6, 6.07) is 0. The largest absolute Gasteiger partial charge is 0.465 e. The van der Waals surface area contributed by atoms with Gasteiger partial charge >= 0.3 is 5.97 Å². The number of esters is 1. The van der Waals surface area contributed by atoms with Crippen molar-refractivity contribution in [2.45, 2.75) is 26.7 Å². The first-order chi connectivity index (χ1) is 4.31. The van der Waals surface area contributed by atoms with Crippen LogP contribution in [-0.2, 0) is 9.53 Å². The second-order valence-electron chi connectivity index (χ2n) is 1.81. The fourth-order valence-corrected chi connectivity index (χ4v) is 0.400. The van der Waals surface area contributed by atoms with Gasteiger partial charge in [-0.25, -0.2) is 0 Å². The van der Waals surface area contributed by atoms with Crippen molar-refractivity contribution in [1.29, 1.82) is 0 Å². The molecule has 0 saturated heterocycles. The Bertz CT molecular complexity index is 79.0. The molecule has 0 amide bonds. The summed E-state index contributed by atoms with van der Waals surface area (Å²) >= 11 is 0. The van der Waals surface area contributed by atoms with Crippen LogP contribution < -0.4 is 0 Å². The molecule has 0 aromatic carbocycles. The first-order valence-corrected chi connectivity index (χ1v) is 3.27. The summed E-state index contributed by atoms with van der Waals surface area (Å²) in [5.41, 5.74) is 0. The average molecular weight is 129 g/mol. The normalized spacial score (nSPS) is 9.11. The van der Waals surface area contributed by atoms with Crippen LogP contribution in [0.25, 0.3) is 0 Å². The van der Waals surface area contributed by atoms with E-state index in [-0.39, 0.29) is 5.97 Å². The number of carbonyl (C=O) groups is 1. The van der Waals surface area contributed by atoms with E-state index in [0.29, 0.717) is 6.61 Å². The van der Waals surface area contributed by atoms with Crippen molar-refractivity contribution in [1.82, 2.24) is 0 Å². The summed E-state index contributed by atoms with van der Waals surface area (Å²) < 4.78 is 4.74. The zero-order chi connectivity index (χ0) is 7.11. The lowest BCUT2D eigenvalue weighted by Gasteiger charge is -1.98. The molecule has 0 heterocycles. The molecule has 2 nitrogen and oxygen atoms in total. The van der Waals surface area contributed by atoms with Crippen molar-refractivity contribution in [3.63, 3.8) is 0 Å². The second-order valence-corrected chi connectivity index (χ2v) is 1.81. The van der Waals surface area contributed by atoms with Gasteiger partial charge in [0.2, 0.25) is 0 Å². The number of ether oxygens (including phenoxy) is 1. The molecule has 0 aliphatic rings. The molecule has 0 aromatic heterocycles. The smallest absolute Gasteiger partial charge is 0.309 e. The number of hydrogen-bond donors (Lipinski definition) is 0. The SMILES string of the molecule is C[CH]C(=O)OCCCC. The van der Waals surface area contributed by atoms with Crippen molar-refractivity contribution >= 4 is 5.97 Å². The molecule has 1 radical (unpaired) electrons. The highest BCUT2D eigenvalue weighted by Gasteiger charge is 1.95. The molecule has 53 valence electrons. The lowest BCUT2D eigenvalue weighted by atomic mass is 10.4. The maximum Gasteiger partial charge on any atom is 0.309 e. The summed E-state index contributed by atoms with van der Waals surface area (Å²) in [5, 5.41) is 0. The second kappa shape index (κ2) is 5.60. The van der Waals surface area contributed by atoms with Crippen LogP contribution in [0.3, 0.4) is 0 Å². The van der Waals surface area contributed by atoms with Crippen molar-refractivity contribution in [2.24, 2.45) is 0 Å². The molecule has 0 atom stereocenters. The van der Waals surface area contributed by atoms with Crippen molar-refractivity contribution in [3.8, 4) is 0 Å². The molecule has 0 fully saturated rings. The summed E-state index contributed by atoms with van der Waals surface area (Å²) in [6.45, 7) is 4.29. The molecule has 0 aliphatic carbocycles. The lowest BCUT2D eigenvalue weighted by Crippen LogP contribution is -2.03. The molecule has 0 saturated carbocycles. The van der Waals surface area contributed by atoms with Crippen molar-refractivity contribution in [3.05, 3.63) is 6.42 Å². The number of unbranched alkanes of at least 4 members (excludes halogenated alkanes) is 1. The summed E-state index contributed by atoms with van der Waals surface area (Å²) in [7, 11) is 0. The number of rotatable bonds is 4. The fourth-order valence-electron chi connectivity index (χ4n) is 0.400. The topological polar surface area (TPSA) is 26.3 Å². The summed E-state index contributed by atoms with van der Waals surface area (Å²) in [5.74, 6) is -0.219. The van der Waals surface area contributed by atoms with Gasteiger partial charge in [-0.15, -0.1) is 0 Å². The van der Waals surface area contributed by atoms with Gasteiger partial charge in [-0.2, -0.15) is 0 Å². The predicted octanol–water partition coefficient (Wildman–Crippen LogP) is 1.55. The highest BCUT2D eigenvalue weighted by Crippen LogP contribution is 1.89. The Morgan fingerprint density at radius 3 is 2.78 bits per heavy atom. The molecule has 0 rings (SSSR count). The Balaban J connectivity index is 2.97. The third-order valence-corrected chi connectivity index (χ3v) is 0.978. The van der Waals surface area contributed by atoms with Crippen LogP contribution in [0.1, 0.15) is 26.7 Å². The van der Waals surface area contributed by atoms with E-state index in [1.807, 2.05) is 0 Å². The molecule has 0 N–H and O–H groups in total. The molecule has 2 heteroatoms. The lowest BCUT2D eigenvalue weighted by molar-refractivity contribution is -0.139. The molecule has 0 spiro atoms. The maximum atomic E-state index is 10.4. The molecule has 0 aliphatic heterocycles. The molecule has 9 heavy (non-hydrogen) atoms. The van der Waals surface area contributed by atoms with Crippen LogP contribution in [0.2, 0.25) is 0 Å². The monoisotopic (exact) mass is 129 g/mol. The van der Waals surface area contributed by atoms with Crippen LogP contribution in [0, 0.1) is 6.42 Å². The van der Waals surface area contributed by atoms with E-state index in [9.17, 15) is 4.79 Å². The first kappa shape index (κ1) is 8.47. The van der Waals surface area contributed by atoms with Crippen LogP contribution in [0.5, 0.6) is 0 Å². The van der Waals surface area contributed by atoms with Gasteiger partial charge < -0.3 is 4.74 Å². The van der Waals surface area contributed by atoms with Gasteiger partial charge in [-0.05, 0) is 6.42 Å². The van der Waals surface area contributed by atoms with Crippen LogP contribution in [0.4, 0.5) is 0 Å². The Hall–Kier alpha value is -0.530. The van der Waals surface area contributed by atoms with Crippen LogP contribution in [-0.4, -0.2) is 12.6 Å². The molecular weight excluding hydrogens is 116 g/mol. The third kappa shape index (κ3) is 5.34. The molecule has 0 bridgehead atoms. The van der Waals surface area contributed by atoms with Crippen LogP contribution in [0.15, 0.2) is 0 Å². The zero-order valence-electron chi connectivity index (χ0n) is 6.02. The predicted molar refractivity (Wildman–Crippen MR) is 35.8 cm³/mol. The van der Waals surface area contributed by atoms with Crippen molar-refractivity contribution in [2.75, 3.05) is 6.61 Å². The van der Waals surface area contributed by atoms with E-state index in [1.165, 1.54) is 6.42 Å². The summed E-state index contributed by atoms with van der Waals surface area (Å²) in [6.07, 6.45) is 3.45. The van der Waals surface area contributed by atoms with Crippen molar-refractivity contribution < 1.29 is 9.53 Å². The van der Waals surface area contributed by atoms with Gasteiger partial charge in [-0.1, -0.05) is 20.3 Å². The van der Waals surface area contributed by atoms with Gasteiger partial charge in [0.05, 0.1) is 13.0 Å². The highest BCUT2D eigenvalue weighted by molar-refractivity contribution is 5.78. The van der Waals surface area contributed by atoms with Gasteiger partial charge in [0.1, 0.15) is 0 Å². The summed E-state index contributed by atoms with van der Waals surface area (Å²) in [4.78, 5) is 10.4. The van der Waals surface area contributed by atoms with Gasteiger partial charge in [-0.3, -0.25) is 4.79 Å². The van der Waals surface area contributed by atoms with E-state index in [0.717, 1.165) is 12.8 Å². The van der Waals surface area contributed by atoms with Gasteiger partial charge in [0, 0.05) is 0 Å². The molecule has 0 unspecified atom stereocenters. The van der Waals surface area contributed by atoms with Gasteiger partial charge in [0.15, 0.2) is 0 Å². The van der Waals surface area contributed by atoms with E-state index < -0.39 is 0 Å². The van der Waals surface area contributed by atoms with E-state index >= 15 is 0 Å². The van der Waals surface area contributed by atoms with E-state index in [1.54, 1.807) is 6.92 Å². The Kier molecular flexibility index (Phi) is 5.27. The number of hydrogen-bond acceptors (Lipinski definition) is 2. The molecule has 0 aromatic rings. The maximum absolute atomic E-state index is 10.4. The zero-order valence-corrected chi connectivity index (χ0v) is 6.02. The Labute approximate surface area is 56.2 Å². The average Bonchev–Trinajstić information content (AvgIpc) is 1.89. The van der Waals surface area contributed by atoms with E-state index in [4.69, 9.17) is 4.74 Å². The minimum absolute atomic E-state index is 0.219. The Morgan fingerprint density at radius 1 is 1.67 bits per heavy atom. The highest BCUT2D eigenvalue weighted by atomic mass is 16.5. The minimum atomic E-state index is -0.219. The number of carbonyl (C=O) groups excluding carboxylic acids is 1. The fraction of sp³-hybridized carbons (Fsp3) is 0.714. The van der Waals surface area contributed by atoms with Gasteiger partial charge in [0.25, 0.3) is 0 Å². The van der Waals surface area contributed by atoms with E-state index in [2.05, 4.69) is 6.92 Å². The Morgan fingerprint density at radius 2 is 2.33 bits per heavy atom. The standard InChI is InChI=1S/C7H13O2/c1-3-5-6-9-7(8)4-2/h4H,3,5-6H2,1-2H3. The molecular formula is C7H13O2. The third-order valence-electron chi connectivity index (χ3n) is 0.978. The quantitative estimate of drug-likeness (QED) is 0.425. The minimum Gasteiger partial charge on any atom is -0.465 e. The first-order valence-electron chi connectivity index (χ1n) is 3.27. The van der Waals surface area contributed by atoms with Crippen LogP contribution >= 0.6 is 0 Å².